The predicted molar refractivity (Wildman–Crippen MR) is 62.1 cm³/mol. The van der Waals surface area contributed by atoms with Gasteiger partial charge in [-0.1, -0.05) is 0 Å². The Morgan fingerprint density at radius 2 is 2.27 bits per heavy atom. The lowest BCUT2D eigenvalue weighted by atomic mass is 9.92. The van der Waals surface area contributed by atoms with Crippen molar-refractivity contribution in [3.63, 3.8) is 0 Å². The Morgan fingerprint density at radius 1 is 1.47 bits per heavy atom. The van der Waals surface area contributed by atoms with E-state index >= 15 is 0 Å². The molecule has 1 aromatic heterocycles. The summed E-state index contributed by atoms with van der Waals surface area (Å²) >= 11 is 0. The molecule has 0 fully saturated rings. The van der Waals surface area contributed by atoms with Crippen LogP contribution in [0.1, 0.15) is 30.1 Å². The highest BCUT2D eigenvalue weighted by atomic mass is 15.1. The van der Waals surface area contributed by atoms with Crippen LogP contribution in [0.3, 0.4) is 0 Å². The number of hydrogen-bond acceptors (Lipinski definition) is 2. The molecule has 3 nitrogen and oxygen atoms in total. The molecule has 1 N–H and O–H groups in total. The second kappa shape index (κ2) is 4.35. The van der Waals surface area contributed by atoms with E-state index in [1.54, 1.807) is 0 Å². The highest BCUT2D eigenvalue weighted by Crippen LogP contribution is 2.26. The maximum absolute atomic E-state index is 4.55. The number of aryl methyl sites for hydroxylation is 2. The molecule has 0 aliphatic carbocycles. The highest BCUT2D eigenvalue weighted by molar-refractivity contribution is 5.17. The number of nitrogens with zero attached hydrogens (tertiary/aromatic N) is 2. The third-order valence-corrected chi connectivity index (χ3v) is 3.51. The van der Waals surface area contributed by atoms with Gasteiger partial charge in [-0.05, 0) is 52.6 Å². The van der Waals surface area contributed by atoms with E-state index in [0.29, 0.717) is 0 Å². The molecule has 0 radical (unpaired) electrons. The molecule has 1 unspecified atom stereocenters. The zero-order valence-electron chi connectivity index (χ0n) is 10.0. The number of rotatable bonds is 3. The lowest BCUT2D eigenvalue weighted by molar-refractivity contribution is 0.360. The lowest BCUT2D eigenvalue weighted by Gasteiger charge is -2.25. The fourth-order valence-electron chi connectivity index (χ4n) is 2.59. The monoisotopic (exact) mass is 207 g/mol. The molecule has 0 aromatic carbocycles. The van der Waals surface area contributed by atoms with Crippen LogP contribution in [0.2, 0.25) is 0 Å². The lowest BCUT2D eigenvalue weighted by Crippen LogP contribution is -2.23. The molecule has 3 heteroatoms. The molecular weight excluding hydrogens is 186 g/mol. The average molecular weight is 207 g/mol. The molecule has 0 amide bonds. The van der Waals surface area contributed by atoms with E-state index in [2.05, 4.69) is 28.7 Å². The third-order valence-electron chi connectivity index (χ3n) is 3.51. The van der Waals surface area contributed by atoms with Gasteiger partial charge in [-0.3, -0.25) is 0 Å². The van der Waals surface area contributed by atoms with Crippen molar-refractivity contribution in [3.05, 3.63) is 17.2 Å². The molecule has 1 aliphatic rings. The zero-order chi connectivity index (χ0) is 10.8. The Labute approximate surface area is 91.9 Å². The summed E-state index contributed by atoms with van der Waals surface area (Å²) in [6.45, 7) is 6.55. The number of fused-ring (bicyclic) bond motifs is 1. The fourth-order valence-corrected chi connectivity index (χ4v) is 2.59. The summed E-state index contributed by atoms with van der Waals surface area (Å²) in [4.78, 5) is 4.55. The van der Waals surface area contributed by atoms with Crippen molar-refractivity contribution < 1.29 is 0 Å². The minimum absolute atomic E-state index is 0.847. The van der Waals surface area contributed by atoms with E-state index in [0.717, 1.165) is 19.0 Å². The van der Waals surface area contributed by atoms with E-state index < -0.39 is 0 Å². The van der Waals surface area contributed by atoms with Crippen LogP contribution in [-0.2, 0) is 13.0 Å². The van der Waals surface area contributed by atoms with Gasteiger partial charge < -0.3 is 9.88 Å². The van der Waals surface area contributed by atoms with Crippen LogP contribution in [0.5, 0.6) is 0 Å². The second-order valence-corrected chi connectivity index (χ2v) is 4.59. The van der Waals surface area contributed by atoms with E-state index in [1.165, 1.54) is 36.5 Å². The van der Waals surface area contributed by atoms with E-state index in [-0.39, 0.29) is 0 Å². The van der Waals surface area contributed by atoms with Crippen molar-refractivity contribution in [1.29, 1.82) is 0 Å². The van der Waals surface area contributed by atoms with Gasteiger partial charge >= 0.3 is 0 Å². The quantitative estimate of drug-likeness (QED) is 0.817. The van der Waals surface area contributed by atoms with E-state index in [4.69, 9.17) is 0 Å². The highest BCUT2D eigenvalue weighted by Gasteiger charge is 2.21. The first-order valence-corrected chi connectivity index (χ1v) is 5.89. The smallest absolute Gasteiger partial charge is 0.106 e. The molecule has 0 spiro atoms. The zero-order valence-corrected chi connectivity index (χ0v) is 10.0. The van der Waals surface area contributed by atoms with Crippen molar-refractivity contribution in [2.45, 2.75) is 39.7 Å². The van der Waals surface area contributed by atoms with Crippen LogP contribution < -0.4 is 5.32 Å². The molecule has 0 bridgehead atoms. The SMILES string of the molecule is CNCCC1CCn2c(C)nc(C)c2C1. The Bertz CT molecular complexity index is 341. The van der Waals surface area contributed by atoms with Crippen molar-refractivity contribution in [1.82, 2.24) is 14.9 Å². The summed E-state index contributed by atoms with van der Waals surface area (Å²) in [5, 5.41) is 3.24. The molecule has 1 aromatic rings. The number of nitrogens with one attached hydrogen (secondary N) is 1. The van der Waals surface area contributed by atoms with E-state index in [9.17, 15) is 0 Å². The molecular formula is C12H21N3. The molecule has 15 heavy (non-hydrogen) atoms. The van der Waals surface area contributed by atoms with Gasteiger partial charge in [0.1, 0.15) is 5.82 Å². The fraction of sp³-hybridized carbons (Fsp3) is 0.750. The first-order valence-electron chi connectivity index (χ1n) is 5.89. The third kappa shape index (κ3) is 2.07. The Hall–Kier alpha value is -0.830. The average Bonchev–Trinajstić information content (AvgIpc) is 2.52. The summed E-state index contributed by atoms with van der Waals surface area (Å²) < 4.78 is 2.39. The van der Waals surface area contributed by atoms with E-state index in [1.807, 2.05) is 7.05 Å². The summed E-state index contributed by atoms with van der Waals surface area (Å²) in [7, 11) is 2.03. The molecule has 2 rings (SSSR count). The number of hydrogen-bond donors (Lipinski definition) is 1. The molecule has 1 aliphatic heterocycles. The molecule has 2 heterocycles. The minimum atomic E-state index is 0.847. The Morgan fingerprint density at radius 3 is 3.00 bits per heavy atom. The summed E-state index contributed by atoms with van der Waals surface area (Å²) in [5.41, 5.74) is 2.71. The van der Waals surface area contributed by atoms with Crippen molar-refractivity contribution in [2.24, 2.45) is 5.92 Å². The Kier molecular flexibility index (Phi) is 3.10. The summed E-state index contributed by atoms with van der Waals surface area (Å²) in [6.07, 6.45) is 3.82. The molecule has 0 saturated heterocycles. The summed E-state index contributed by atoms with van der Waals surface area (Å²) in [6, 6.07) is 0. The van der Waals surface area contributed by atoms with Crippen LogP contribution in [0.15, 0.2) is 0 Å². The topological polar surface area (TPSA) is 29.9 Å². The van der Waals surface area contributed by atoms with Gasteiger partial charge in [-0.15, -0.1) is 0 Å². The van der Waals surface area contributed by atoms with Gasteiger partial charge in [0.2, 0.25) is 0 Å². The molecule has 84 valence electrons. The van der Waals surface area contributed by atoms with Gasteiger partial charge in [-0.25, -0.2) is 4.98 Å². The largest absolute Gasteiger partial charge is 0.332 e. The van der Waals surface area contributed by atoms with Crippen LogP contribution in [-0.4, -0.2) is 23.1 Å². The first-order chi connectivity index (χ1) is 7.22. The van der Waals surface area contributed by atoms with Crippen molar-refractivity contribution in [2.75, 3.05) is 13.6 Å². The normalized spacial score (nSPS) is 20.3. The number of aromatic nitrogens is 2. The van der Waals surface area contributed by atoms with Crippen LogP contribution in [0, 0.1) is 19.8 Å². The maximum Gasteiger partial charge on any atom is 0.106 e. The minimum Gasteiger partial charge on any atom is -0.332 e. The van der Waals surface area contributed by atoms with Crippen LogP contribution >= 0.6 is 0 Å². The van der Waals surface area contributed by atoms with Gasteiger partial charge in [0.25, 0.3) is 0 Å². The molecule has 0 saturated carbocycles. The summed E-state index contributed by atoms with van der Waals surface area (Å²) in [5.74, 6) is 2.04. The van der Waals surface area contributed by atoms with Crippen molar-refractivity contribution in [3.8, 4) is 0 Å². The predicted octanol–water partition coefficient (Wildman–Crippen LogP) is 1.67. The standard InChI is InChI=1S/C12H21N3/c1-9-12-8-11(4-6-13-3)5-7-15(12)10(2)14-9/h11,13H,4-8H2,1-3H3. The number of imidazole rings is 1. The Balaban J connectivity index is 2.09. The van der Waals surface area contributed by atoms with Crippen LogP contribution in [0.25, 0.3) is 0 Å². The van der Waals surface area contributed by atoms with Crippen molar-refractivity contribution >= 4 is 0 Å². The van der Waals surface area contributed by atoms with Gasteiger partial charge in [-0.2, -0.15) is 0 Å². The van der Waals surface area contributed by atoms with Gasteiger partial charge in [0.15, 0.2) is 0 Å². The van der Waals surface area contributed by atoms with Crippen LogP contribution in [0.4, 0.5) is 0 Å². The van der Waals surface area contributed by atoms with Gasteiger partial charge in [0, 0.05) is 12.2 Å². The maximum atomic E-state index is 4.55. The van der Waals surface area contributed by atoms with Gasteiger partial charge in [0.05, 0.1) is 5.69 Å². The second-order valence-electron chi connectivity index (χ2n) is 4.59. The molecule has 1 atom stereocenters. The first kappa shape index (κ1) is 10.7.